The fourth-order valence-corrected chi connectivity index (χ4v) is 2.03. The lowest BCUT2D eigenvalue weighted by Gasteiger charge is -2.02. The largest absolute Gasteiger partial charge is 0.363 e. The molecule has 3 heterocycles. The summed E-state index contributed by atoms with van der Waals surface area (Å²) < 4.78 is 8.00. The smallest absolute Gasteiger partial charge is 0.247 e. The topological polar surface area (TPSA) is 90.8 Å². The number of anilines is 1. The minimum Gasteiger partial charge on any atom is -0.363 e. The zero-order chi connectivity index (χ0) is 13.4. The first-order valence-electron chi connectivity index (χ1n) is 5.70. The second kappa shape index (κ2) is 4.23. The SMILES string of the molecule is Cc1nn(C)c2cnn(CC(=O)Nc3ccon3)c12. The first-order valence-corrected chi connectivity index (χ1v) is 5.70. The molecule has 98 valence electrons. The lowest BCUT2D eigenvalue weighted by molar-refractivity contribution is -0.116. The Morgan fingerprint density at radius 3 is 3.11 bits per heavy atom. The molecule has 8 heteroatoms. The minimum atomic E-state index is -0.220. The van der Waals surface area contributed by atoms with E-state index in [1.807, 2.05) is 14.0 Å². The van der Waals surface area contributed by atoms with Gasteiger partial charge in [0.1, 0.15) is 23.8 Å². The minimum absolute atomic E-state index is 0.100. The Hall–Kier alpha value is -2.64. The molecule has 0 unspecified atom stereocenters. The van der Waals surface area contributed by atoms with Crippen molar-refractivity contribution < 1.29 is 9.32 Å². The van der Waals surface area contributed by atoms with E-state index in [-0.39, 0.29) is 12.5 Å². The second-order valence-electron chi connectivity index (χ2n) is 4.18. The molecule has 0 saturated carbocycles. The highest BCUT2D eigenvalue weighted by Gasteiger charge is 2.14. The van der Waals surface area contributed by atoms with Crippen molar-refractivity contribution in [2.45, 2.75) is 13.5 Å². The number of fused-ring (bicyclic) bond motifs is 1. The van der Waals surface area contributed by atoms with Gasteiger partial charge < -0.3 is 9.84 Å². The third-order valence-electron chi connectivity index (χ3n) is 2.81. The number of rotatable bonds is 3. The van der Waals surface area contributed by atoms with E-state index >= 15 is 0 Å². The van der Waals surface area contributed by atoms with Gasteiger partial charge >= 0.3 is 0 Å². The Balaban J connectivity index is 1.83. The normalized spacial score (nSPS) is 11.1. The summed E-state index contributed by atoms with van der Waals surface area (Å²) in [4.78, 5) is 11.9. The number of nitrogens with one attached hydrogen (secondary N) is 1. The van der Waals surface area contributed by atoms with Gasteiger partial charge in [-0.1, -0.05) is 5.16 Å². The molecular formula is C11H12N6O2. The van der Waals surface area contributed by atoms with Gasteiger partial charge in [-0.3, -0.25) is 14.2 Å². The fraction of sp³-hybridized carbons (Fsp3) is 0.273. The van der Waals surface area contributed by atoms with Crippen LogP contribution in [0.25, 0.3) is 11.0 Å². The Bertz CT molecular complexity index is 724. The zero-order valence-electron chi connectivity index (χ0n) is 10.5. The first-order chi connectivity index (χ1) is 9.15. The van der Waals surface area contributed by atoms with E-state index in [1.54, 1.807) is 21.6 Å². The van der Waals surface area contributed by atoms with Crippen LogP contribution in [0.1, 0.15) is 5.69 Å². The molecule has 8 nitrogen and oxygen atoms in total. The van der Waals surface area contributed by atoms with E-state index in [0.29, 0.717) is 5.82 Å². The van der Waals surface area contributed by atoms with Gasteiger partial charge in [-0.05, 0) is 6.92 Å². The van der Waals surface area contributed by atoms with Crippen LogP contribution in [-0.4, -0.2) is 30.6 Å². The van der Waals surface area contributed by atoms with Gasteiger partial charge in [0.25, 0.3) is 0 Å². The third kappa shape index (κ3) is 1.96. The maximum absolute atomic E-state index is 11.9. The van der Waals surface area contributed by atoms with Gasteiger partial charge in [0.15, 0.2) is 5.82 Å². The number of nitrogens with zero attached hydrogens (tertiary/aromatic N) is 5. The maximum atomic E-state index is 11.9. The van der Waals surface area contributed by atoms with Crippen LogP contribution in [0.15, 0.2) is 23.0 Å². The number of hydrogen-bond donors (Lipinski definition) is 1. The van der Waals surface area contributed by atoms with Gasteiger partial charge in [-0.15, -0.1) is 0 Å². The molecule has 1 N–H and O–H groups in total. The molecule has 0 radical (unpaired) electrons. The average molecular weight is 260 g/mol. The molecule has 0 aliphatic carbocycles. The van der Waals surface area contributed by atoms with Crippen molar-refractivity contribution in [2.24, 2.45) is 7.05 Å². The number of hydrogen-bond acceptors (Lipinski definition) is 5. The maximum Gasteiger partial charge on any atom is 0.247 e. The fourth-order valence-electron chi connectivity index (χ4n) is 2.03. The average Bonchev–Trinajstić information content (AvgIpc) is 3.02. The highest BCUT2D eigenvalue weighted by Crippen LogP contribution is 2.16. The summed E-state index contributed by atoms with van der Waals surface area (Å²) in [5.41, 5.74) is 2.59. The highest BCUT2D eigenvalue weighted by atomic mass is 16.5. The van der Waals surface area contributed by atoms with Crippen molar-refractivity contribution in [2.75, 3.05) is 5.32 Å². The van der Waals surface area contributed by atoms with Crippen molar-refractivity contribution in [3.8, 4) is 0 Å². The monoisotopic (exact) mass is 260 g/mol. The van der Waals surface area contributed by atoms with Crippen molar-refractivity contribution in [3.05, 3.63) is 24.2 Å². The second-order valence-corrected chi connectivity index (χ2v) is 4.18. The van der Waals surface area contributed by atoms with E-state index in [2.05, 4.69) is 25.2 Å². The Morgan fingerprint density at radius 2 is 2.37 bits per heavy atom. The van der Waals surface area contributed by atoms with Crippen LogP contribution in [-0.2, 0) is 18.4 Å². The molecule has 0 bridgehead atoms. The van der Waals surface area contributed by atoms with Crippen molar-refractivity contribution in [1.29, 1.82) is 0 Å². The van der Waals surface area contributed by atoms with Crippen LogP contribution in [0.3, 0.4) is 0 Å². The van der Waals surface area contributed by atoms with Gasteiger partial charge in [0.05, 0.1) is 11.9 Å². The third-order valence-corrected chi connectivity index (χ3v) is 2.81. The lowest BCUT2D eigenvalue weighted by atomic mass is 10.4. The summed E-state index contributed by atoms with van der Waals surface area (Å²) in [6, 6.07) is 1.58. The van der Waals surface area contributed by atoms with Crippen LogP contribution in [0.5, 0.6) is 0 Å². The summed E-state index contributed by atoms with van der Waals surface area (Å²) >= 11 is 0. The number of carbonyl (C=O) groups is 1. The van der Waals surface area contributed by atoms with E-state index in [4.69, 9.17) is 0 Å². The molecule has 0 aliphatic heterocycles. The number of carbonyl (C=O) groups excluding carboxylic acids is 1. The Kier molecular flexibility index (Phi) is 2.55. The summed E-state index contributed by atoms with van der Waals surface area (Å²) in [5.74, 6) is 0.165. The molecule has 1 amide bonds. The molecule has 0 spiro atoms. The van der Waals surface area contributed by atoms with Crippen LogP contribution >= 0.6 is 0 Å². The molecule has 0 fully saturated rings. The summed E-state index contributed by atoms with van der Waals surface area (Å²) in [6.07, 6.45) is 3.09. The van der Waals surface area contributed by atoms with E-state index in [0.717, 1.165) is 16.7 Å². The van der Waals surface area contributed by atoms with Crippen LogP contribution in [0.4, 0.5) is 5.82 Å². The molecule has 3 aromatic heterocycles. The first kappa shape index (κ1) is 11.5. The molecule has 0 aliphatic rings. The number of aromatic nitrogens is 5. The predicted molar refractivity (Wildman–Crippen MR) is 66.4 cm³/mol. The van der Waals surface area contributed by atoms with Crippen molar-refractivity contribution >= 4 is 22.8 Å². The molecular weight excluding hydrogens is 248 g/mol. The zero-order valence-corrected chi connectivity index (χ0v) is 10.5. The molecule has 0 aromatic carbocycles. The van der Waals surface area contributed by atoms with Crippen molar-refractivity contribution in [1.82, 2.24) is 24.7 Å². The standard InChI is InChI=1S/C11H12N6O2/c1-7-11-8(16(2)14-7)5-12-17(11)6-10(18)13-9-3-4-19-15-9/h3-5H,6H2,1-2H3,(H,13,15,18). The quantitative estimate of drug-likeness (QED) is 0.748. The van der Waals surface area contributed by atoms with Gasteiger partial charge in [-0.2, -0.15) is 10.2 Å². The van der Waals surface area contributed by atoms with Crippen LogP contribution in [0.2, 0.25) is 0 Å². The summed E-state index contributed by atoms with van der Waals surface area (Å²) in [6.45, 7) is 1.99. The molecule has 3 aromatic rings. The number of aryl methyl sites for hydroxylation is 2. The lowest BCUT2D eigenvalue weighted by Crippen LogP contribution is -2.19. The highest BCUT2D eigenvalue weighted by molar-refractivity contribution is 5.90. The van der Waals surface area contributed by atoms with Crippen molar-refractivity contribution in [3.63, 3.8) is 0 Å². The Morgan fingerprint density at radius 1 is 1.53 bits per heavy atom. The molecule has 0 atom stereocenters. The van der Waals surface area contributed by atoms with E-state index in [1.165, 1.54) is 6.26 Å². The van der Waals surface area contributed by atoms with Gasteiger partial charge in [0, 0.05) is 13.1 Å². The predicted octanol–water partition coefficient (Wildman–Crippen LogP) is 0.705. The van der Waals surface area contributed by atoms with E-state index < -0.39 is 0 Å². The number of amides is 1. The van der Waals surface area contributed by atoms with Crippen LogP contribution < -0.4 is 5.32 Å². The molecule has 0 saturated heterocycles. The van der Waals surface area contributed by atoms with E-state index in [9.17, 15) is 4.79 Å². The van der Waals surface area contributed by atoms with Gasteiger partial charge in [-0.25, -0.2) is 0 Å². The summed E-state index contributed by atoms with van der Waals surface area (Å²) in [7, 11) is 1.84. The molecule has 3 rings (SSSR count). The summed E-state index contributed by atoms with van der Waals surface area (Å²) in [5, 5.41) is 14.7. The molecule has 19 heavy (non-hydrogen) atoms. The van der Waals surface area contributed by atoms with Crippen LogP contribution in [0, 0.1) is 6.92 Å². The van der Waals surface area contributed by atoms with Gasteiger partial charge in [0.2, 0.25) is 5.91 Å². The Labute approximate surface area is 108 Å².